The van der Waals surface area contributed by atoms with Gasteiger partial charge in [-0.3, -0.25) is 0 Å². The van der Waals surface area contributed by atoms with E-state index in [0.717, 1.165) is 18.4 Å². The summed E-state index contributed by atoms with van der Waals surface area (Å²) < 4.78 is 6.04. The molecule has 0 radical (unpaired) electrons. The Labute approximate surface area is 131 Å². The van der Waals surface area contributed by atoms with Crippen molar-refractivity contribution in [3.05, 3.63) is 0 Å². The summed E-state index contributed by atoms with van der Waals surface area (Å²) >= 11 is 0. The minimum Gasteiger partial charge on any atom is -0.377 e. The highest BCUT2D eigenvalue weighted by molar-refractivity contribution is 5.10. The third-order valence-corrected chi connectivity index (χ3v) is 6.53. The van der Waals surface area contributed by atoms with Crippen LogP contribution in [0.4, 0.5) is 0 Å². The van der Waals surface area contributed by atoms with Crippen molar-refractivity contribution in [2.24, 2.45) is 22.7 Å². The monoisotopic (exact) mass is 293 g/mol. The molecule has 3 unspecified atom stereocenters. The Balaban J connectivity index is 1.61. The lowest BCUT2D eigenvalue weighted by atomic mass is 9.55. The first-order valence-corrected chi connectivity index (χ1v) is 9.30. The summed E-state index contributed by atoms with van der Waals surface area (Å²) in [6.07, 6.45) is 10.3. The summed E-state index contributed by atoms with van der Waals surface area (Å²) in [5.74, 6) is 1.59. The molecule has 122 valence electrons. The van der Waals surface area contributed by atoms with E-state index in [1.165, 1.54) is 51.5 Å². The van der Waals surface area contributed by atoms with E-state index in [1.807, 2.05) is 0 Å². The summed E-state index contributed by atoms with van der Waals surface area (Å²) in [5, 5.41) is 4.02. The van der Waals surface area contributed by atoms with E-state index in [0.29, 0.717) is 23.0 Å². The average Bonchev–Trinajstić information content (AvgIpc) is 2.86. The third kappa shape index (κ3) is 2.91. The van der Waals surface area contributed by atoms with Crippen LogP contribution in [0.25, 0.3) is 0 Å². The normalized spacial score (nSPS) is 37.3. The van der Waals surface area contributed by atoms with E-state index in [4.69, 9.17) is 4.74 Å². The standard InChI is InChI=1S/C19H35NO/c1-14(2)12-19(9-5-6-10-19)13-20-16-15-8-7-11-21-17(15)18(16,3)4/h14-17,20H,5-13H2,1-4H3. The van der Waals surface area contributed by atoms with E-state index in [1.54, 1.807) is 0 Å². The molecule has 2 heteroatoms. The van der Waals surface area contributed by atoms with E-state index < -0.39 is 0 Å². The van der Waals surface area contributed by atoms with Gasteiger partial charge >= 0.3 is 0 Å². The minimum atomic E-state index is 0.322. The maximum Gasteiger partial charge on any atom is 0.0684 e. The summed E-state index contributed by atoms with van der Waals surface area (Å²) in [7, 11) is 0. The zero-order valence-electron chi connectivity index (χ0n) is 14.6. The molecule has 2 aliphatic carbocycles. The van der Waals surface area contributed by atoms with Gasteiger partial charge in [-0.05, 0) is 43.4 Å². The molecule has 3 fully saturated rings. The van der Waals surface area contributed by atoms with E-state index in [-0.39, 0.29) is 0 Å². The summed E-state index contributed by atoms with van der Waals surface area (Å²) in [6, 6.07) is 0.674. The number of hydrogen-bond donors (Lipinski definition) is 1. The first-order chi connectivity index (χ1) is 9.95. The van der Waals surface area contributed by atoms with Gasteiger partial charge in [-0.1, -0.05) is 40.5 Å². The van der Waals surface area contributed by atoms with Crippen LogP contribution in [0.2, 0.25) is 0 Å². The number of rotatable bonds is 5. The highest BCUT2D eigenvalue weighted by atomic mass is 16.5. The van der Waals surface area contributed by atoms with Crippen LogP contribution >= 0.6 is 0 Å². The molecule has 3 aliphatic rings. The predicted octanol–water partition coefficient (Wildman–Crippen LogP) is 4.39. The molecule has 1 aliphatic heterocycles. The summed E-state index contributed by atoms with van der Waals surface area (Å²) in [6.45, 7) is 11.8. The molecule has 0 aromatic heterocycles. The molecule has 0 bridgehead atoms. The van der Waals surface area contributed by atoms with E-state index >= 15 is 0 Å². The Hall–Kier alpha value is -0.0800. The van der Waals surface area contributed by atoms with Crippen LogP contribution in [0, 0.1) is 22.7 Å². The smallest absolute Gasteiger partial charge is 0.0684 e. The van der Waals surface area contributed by atoms with Gasteiger partial charge in [0.2, 0.25) is 0 Å². The topological polar surface area (TPSA) is 21.3 Å². The Bertz CT molecular complexity index is 357. The van der Waals surface area contributed by atoms with Crippen molar-refractivity contribution < 1.29 is 4.74 Å². The van der Waals surface area contributed by atoms with Gasteiger partial charge in [-0.25, -0.2) is 0 Å². The van der Waals surface area contributed by atoms with Crippen molar-refractivity contribution in [2.75, 3.05) is 13.2 Å². The largest absolute Gasteiger partial charge is 0.377 e. The molecule has 21 heavy (non-hydrogen) atoms. The quantitative estimate of drug-likeness (QED) is 0.812. The molecule has 3 rings (SSSR count). The maximum atomic E-state index is 6.04. The zero-order valence-corrected chi connectivity index (χ0v) is 14.6. The molecule has 2 saturated carbocycles. The maximum absolute atomic E-state index is 6.04. The van der Waals surface area contributed by atoms with Crippen LogP contribution in [0.15, 0.2) is 0 Å². The van der Waals surface area contributed by atoms with Crippen molar-refractivity contribution in [1.29, 1.82) is 0 Å². The number of nitrogens with one attached hydrogen (secondary N) is 1. The van der Waals surface area contributed by atoms with Crippen LogP contribution < -0.4 is 5.32 Å². The Morgan fingerprint density at radius 1 is 1.14 bits per heavy atom. The van der Waals surface area contributed by atoms with Crippen LogP contribution in [0.5, 0.6) is 0 Å². The fraction of sp³-hybridized carbons (Fsp3) is 1.00. The molecular weight excluding hydrogens is 258 g/mol. The second kappa shape index (κ2) is 5.85. The van der Waals surface area contributed by atoms with Gasteiger partial charge in [0.25, 0.3) is 0 Å². The van der Waals surface area contributed by atoms with Crippen molar-refractivity contribution in [3.63, 3.8) is 0 Å². The Kier molecular flexibility index (Phi) is 4.40. The van der Waals surface area contributed by atoms with Crippen molar-refractivity contribution in [1.82, 2.24) is 5.32 Å². The molecule has 0 aromatic rings. The first-order valence-electron chi connectivity index (χ1n) is 9.30. The van der Waals surface area contributed by atoms with Gasteiger partial charge in [0, 0.05) is 30.5 Å². The average molecular weight is 293 g/mol. The number of fused-ring (bicyclic) bond motifs is 1. The Morgan fingerprint density at radius 2 is 1.86 bits per heavy atom. The van der Waals surface area contributed by atoms with Crippen molar-refractivity contribution >= 4 is 0 Å². The number of hydrogen-bond acceptors (Lipinski definition) is 2. The second-order valence-electron chi connectivity index (χ2n) is 9.08. The molecule has 1 N–H and O–H groups in total. The first kappa shape index (κ1) is 15.8. The predicted molar refractivity (Wildman–Crippen MR) is 88.4 cm³/mol. The van der Waals surface area contributed by atoms with Gasteiger partial charge in [0.15, 0.2) is 0 Å². The van der Waals surface area contributed by atoms with Gasteiger partial charge in [0.05, 0.1) is 6.10 Å². The third-order valence-electron chi connectivity index (χ3n) is 6.53. The molecule has 0 spiro atoms. The Morgan fingerprint density at radius 3 is 2.52 bits per heavy atom. The van der Waals surface area contributed by atoms with Gasteiger partial charge < -0.3 is 10.1 Å². The summed E-state index contributed by atoms with van der Waals surface area (Å²) in [4.78, 5) is 0. The lowest BCUT2D eigenvalue weighted by Crippen LogP contribution is -2.70. The van der Waals surface area contributed by atoms with Crippen molar-refractivity contribution in [2.45, 2.75) is 84.8 Å². The molecule has 0 amide bonds. The highest BCUT2D eigenvalue weighted by Crippen LogP contribution is 2.52. The fourth-order valence-corrected chi connectivity index (χ4v) is 5.71. The van der Waals surface area contributed by atoms with Crippen LogP contribution in [-0.4, -0.2) is 25.3 Å². The van der Waals surface area contributed by atoms with Crippen LogP contribution in [0.3, 0.4) is 0 Å². The zero-order chi connectivity index (χ0) is 15.1. The lowest BCUT2D eigenvalue weighted by Gasteiger charge is -2.60. The summed E-state index contributed by atoms with van der Waals surface area (Å²) in [5.41, 5.74) is 0.910. The van der Waals surface area contributed by atoms with Crippen LogP contribution in [-0.2, 0) is 4.74 Å². The highest BCUT2D eigenvalue weighted by Gasteiger charge is 2.57. The SMILES string of the molecule is CC(C)CC1(CNC2C3CCCOC3C2(C)C)CCCC1. The van der Waals surface area contributed by atoms with Gasteiger partial charge in [-0.2, -0.15) is 0 Å². The van der Waals surface area contributed by atoms with Crippen LogP contribution in [0.1, 0.15) is 72.6 Å². The minimum absolute atomic E-state index is 0.322. The van der Waals surface area contributed by atoms with E-state index in [2.05, 4.69) is 33.0 Å². The van der Waals surface area contributed by atoms with E-state index in [9.17, 15) is 0 Å². The lowest BCUT2D eigenvalue weighted by molar-refractivity contribution is -0.193. The molecule has 1 saturated heterocycles. The van der Waals surface area contributed by atoms with Crippen molar-refractivity contribution in [3.8, 4) is 0 Å². The molecule has 0 aromatic carbocycles. The van der Waals surface area contributed by atoms with Gasteiger partial charge in [0.1, 0.15) is 0 Å². The molecule has 3 atom stereocenters. The fourth-order valence-electron chi connectivity index (χ4n) is 5.71. The molecular formula is C19H35NO. The van der Waals surface area contributed by atoms with Gasteiger partial charge in [-0.15, -0.1) is 0 Å². The molecule has 2 nitrogen and oxygen atoms in total. The second-order valence-corrected chi connectivity index (χ2v) is 9.08. The molecule has 1 heterocycles. The number of ether oxygens (including phenoxy) is 1.